The minimum absolute atomic E-state index is 0.0524. The van der Waals surface area contributed by atoms with Crippen LogP contribution in [-0.4, -0.2) is 17.0 Å². The molecule has 0 bridgehead atoms. The van der Waals surface area contributed by atoms with Crippen molar-refractivity contribution in [3.05, 3.63) is 34.9 Å². The van der Waals surface area contributed by atoms with Gasteiger partial charge in [0.05, 0.1) is 12.0 Å². The molecular formula is C16H20ClNO3. The minimum atomic E-state index is -0.793. The van der Waals surface area contributed by atoms with E-state index in [-0.39, 0.29) is 23.8 Å². The molecule has 114 valence electrons. The molecule has 0 saturated heterocycles. The molecule has 1 aromatic carbocycles. The summed E-state index contributed by atoms with van der Waals surface area (Å²) in [7, 11) is 0. The van der Waals surface area contributed by atoms with Crippen molar-refractivity contribution in [1.29, 1.82) is 0 Å². The Morgan fingerprint density at radius 3 is 2.48 bits per heavy atom. The number of rotatable bonds is 4. The van der Waals surface area contributed by atoms with E-state index in [1.807, 2.05) is 19.1 Å². The maximum absolute atomic E-state index is 12.3. The third-order valence-electron chi connectivity index (χ3n) is 4.12. The molecule has 21 heavy (non-hydrogen) atoms. The second-order valence-corrected chi connectivity index (χ2v) is 6.12. The smallest absolute Gasteiger partial charge is 0.306 e. The molecule has 4 nitrogen and oxygen atoms in total. The first-order valence-electron chi connectivity index (χ1n) is 7.26. The standard InChI is InChI=1S/C16H20ClNO3/c1-10(11-5-7-14(17)8-6-11)18-15(19)12-3-2-4-13(9-12)16(20)21/h5-8,10,12-13H,2-4,9H2,1H3,(H,18,19)(H,20,21). The lowest BCUT2D eigenvalue weighted by Crippen LogP contribution is -2.36. The monoisotopic (exact) mass is 309 g/mol. The topological polar surface area (TPSA) is 66.4 Å². The summed E-state index contributed by atoms with van der Waals surface area (Å²) in [4.78, 5) is 23.3. The average Bonchev–Trinajstić information content (AvgIpc) is 2.48. The van der Waals surface area contributed by atoms with Gasteiger partial charge in [-0.25, -0.2) is 0 Å². The molecule has 0 aromatic heterocycles. The van der Waals surface area contributed by atoms with Gasteiger partial charge in [0.2, 0.25) is 5.91 Å². The lowest BCUT2D eigenvalue weighted by atomic mass is 9.81. The first-order valence-corrected chi connectivity index (χ1v) is 7.64. The number of hydrogen-bond donors (Lipinski definition) is 2. The zero-order chi connectivity index (χ0) is 15.4. The van der Waals surface area contributed by atoms with Crippen molar-refractivity contribution in [2.75, 3.05) is 0 Å². The number of hydrogen-bond acceptors (Lipinski definition) is 2. The van der Waals surface area contributed by atoms with Crippen molar-refractivity contribution in [3.8, 4) is 0 Å². The van der Waals surface area contributed by atoms with Gasteiger partial charge in [0.25, 0.3) is 0 Å². The summed E-state index contributed by atoms with van der Waals surface area (Å²) in [5.74, 6) is -1.43. The highest BCUT2D eigenvalue weighted by Gasteiger charge is 2.31. The predicted octanol–water partition coefficient (Wildman–Crippen LogP) is 3.41. The Hall–Kier alpha value is -1.55. The Balaban J connectivity index is 1.94. The van der Waals surface area contributed by atoms with Gasteiger partial charge in [0, 0.05) is 10.9 Å². The van der Waals surface area contributed by atoms with Crippen molar-refractivity contribution >= 4 is 23.5 Å². The van der Waals surface area contributed by atoms with Gasteiger partial charge < -0.3 is 10.4 Å². The fourth-order valence-electron chi connectivity index (χ4n) is 2.82. The van der Waals surface area contributed by atoms with Gasteiger partial charge in [-0.05, 0) is 43.9 Å². The van der Waals surface area contributed by atoms with Crippen LogP contribution in [0, 0.1) is 11.8 Å². The number of aliphatic carboxylic acids is 1. The van der Waals surface area contributed by atoms with E-state index in [1.54, 1.807) is 12.1 Å². The Morgan fingerprint density at radius 1 is 1.24 bits per heavy atom. The molecule has 2 rings (SSSR count). The van der Waals surface area contributed by atoms with Crippen LogP contribution in [0.4, 0.5) is 0 Å². The highest BCUT2D eigenvalue weighted by molar-refractivity contribution is 6.30. The molecule has 3 unspecified atom stereocenters. The maximum Gasteiger partial charge on any atom is 0.306 e. The molecule has 0 spiro atoms. The third-order valence-corrected chi connectivity index (χ3v) is 4.37. The van der Waals surface area contributed by atoms with Crippen LogP contribution in [0.5, 0.6) is 0 Å². The predicted molar refractivity (Wildman–Crippen MR) is 81.1 cm³/mol. The molecule has 3 atom stereocenters. The first-order chi connectivity index (χ1) is 9.97. The summed E-state index contributed by atoms with van der Waals surface area (Å²) in [5, 5.41) is 12.7. The van der Waals surface area contributed by atoms with Crippen LogP contribution in [-0.2, 0) is 9.59 Å². The van der Waals surface area contributed by atoms with Crippen LogP contribution >= 0.6 is 11.6 Å². The van der Waals surface area contributed by atoms with Crippen molar-refractivity contribution in [1.82, 2.24) is 5.32 Å². The van der Waals surface area contributed by atoms with E-state index in [4.69, 9.17) is 16.7 Å². The zero-order valence-corrected chi connectivity index (χ0v) is 12.8. The normalized spacial score (nSPS) is 23.3. The van der Waals surface area contributed by atoms with Gasteiger partial charge >= 0.3 is 5.97 Å². The minimum Gasteiger partial charge on any atom is -0.481 e. The van der Waals surface area contributed by atoms with Crippen LogP contribution < -0.4 is 5.32 Å². The van der Waals surface area contributed by atoms with E-state index >= 15 is 0 Å². The van der Waals surface area contributed by atoms with E-state index in [9.17, 15) is 9.59 Å². The number of carboxylic acids is 1. The van der Waals surface area contributed by atoms with Crippen molar-refractivity contribution in [2.24, 2.45) is 11.8 Å². The Kier molecular flexibility index (Phi) is 5.23. The average molecular weight is 310 g/mol. The van der Waals surface area contributed by atoms with Crippen molar-refractivity contribution in [2.45, 2.75) is 38.6 Å². The Morgan fingerprint density at radius 2 is 1.86 bits per heavy atom. The molecule has 0 radical (unpaired) electrons. The van der Waals surface area contributed by atoms with Gasteiger partial charge in [-0.3, -0.25) is 9.59 Å². The first kappa shape index (κ1) is 15.8. The number of benzene rings is 1. The van der Waals surface area contributed by atoms with Gasteiger partial charge in [-0.2, -0.15) is 0 Å². The number of carbonyl (C=O) groups is 2. The lowest BCUT2D eigenvalue weighted by molar-refractivity contribution is -0.144. The molecule has 1 aromatic rings. The van der Waals surface area contributed by atoms with Gasteiger partial charge in [0.15, 0.2) is 0 Å². The highest BCUT2D eigenvalue weighted by atomic mass is 35.5. The molecular weight excluding hydrogens is 290 g/mol. The quantitative estimate of drug-likeness (QED) is 0.895. The SMILES string of the molecule is CC(NC(=O)C1CCCC(C(=O)O)C1)c1ccc(Cl)cc1. The summed E-state index contributed by atoms with van der Waals surface area (Å²) in [5.41, 5.74) is 0.985. The summed E-state index contributed by atoms with van der Waals surface area (Å²) in [6.45, 7) is 1.92. The second-order valence-electron chi connectivity index (χ2n) is 5.68. The molecule has 0 heterocycles. The number of nitrogens with one attached hydrogen (secondary N) is 1. The lowest BCUT2D eigenvalue weighted by Gasteiger charge is -2.27. The largest absolute Gasteiger partial charge is 0.481 e. The highest BCUT2D eigenvalue weighted by Crippen LogP contribution is 2.30. The number of amides is 1. The summed E-state index contributed by atoms with van der Waals surface area (Å²) in [6.07, 6.45) is 2.67. The second kappa shape index (κ2) is 6.94. The summed E-state index contributed by atoms with van der Waals surface area (Å²) in [6, 6.07) is 7.24. The third kappa shape index (κ3) is 4.21. The maximum atomic E-state index is 12.3. The van der Waals surface area contributed by atoms with E-state index in [0.717, 1.165) is 18.4 Å². The van der Waals surface area contributed by atoms with E-state index in [0.29, 0.717) is 17.9 Å². The zero-order valence-electron chi connectivity index (χ0n) is 12.0. The van der Waals surface area contributed by atoms with Crippen LogP contribution in [0.2, 0.25) is 5.02 Å². The number of carboxylic acid groups (broad SMARTS) is 1. The summed E-state index contributed by atoms with van der Waals surface area (Å²) < 4.78 is 0. The van der Waals surface area contributed by atoms with Crippen LogP contribution in [0.3, 0.4) is 0 Å². The molecule has 1 fully saturated rings. The molecule has 2 N–H and O–H groups in total. The number of carbonyl (C=O) groups excluding carboxylic acids is 1. The molecule has 1 amide bonds. The van der Waals surface area contributed by atoms with Gasteiger partial charge in [-0.15, -0.1) is 0 Å². The Bertz CT molecular complexity index is 515. The van der Waals surface area contributed by atoms with Crippen LogP contribution in [0.25, 0.3) is 0 Å². The molecule has 1 aliphatic carbocycles. The van der Waals surface area contributed by atoms with Gasteiger partial charge in [-0.1, -0.05) is 30.2 Å². The number of halogens is 1. The fourth-order valence-corrected chi connectivity index (χ4v) is 2.94. The van der Waals surface area contributed by atoms with Crippen molar-refractivity contribution < 1.29 is 14.7 Å². The van der Waals surface area contributed by atoms with E-state index in [1.165, 1.54) is 0 Å². The Labute approximate surface area is 129 Å². The molecule has 1 saturated carbocycles. The van der Waals surface area contributed by atoms with Crippen molar-refractivity contribution in [3.63, 3.8) is 0 Å². The molecule has 5 heteroatoms. The van der Waals surface area contributed by atoms with E-state index in [2.05, 4.69) is 5.32 Å². The fraction of sp³-hybridized carbons (Fsp3) is 0.500. The summed E-state index contributed by atoms with van der Waals surface area (Å²) >= 11 is 5.85. The van der Waals surface area contributed by atoms with E-state index < -0.39 is 5.97 Å². The van der Waals surface area contributed by atoms with Gasteiger partial charge in [0.1, 0.15) is 0 Å². The molecule has 0 aliphatic heterocycles. The van der Waals surface area contributed by atoms with Crippen LogP contribution in [0.1, 0.15) is 44.2 Å². The van der Waals surface area contributed by atoms with Crippen LogP contribution in [0.15, 0.2) is 24.3 Å². The molecule has 1 aliphatic rings.